The summed E-state index contributed by atoms with van der Waals surface area (Å²) in [7, 11) is 0. The van der Waals surface area contributed by atoms with E-state index in [1.807, 2.05) is 0 Å². The van der Waals surface area contributed by atoms with E-state index in [0.717, 1.165) is 11.8 Å². The zero-order valence-electron chi connectivity index (χ0n) is 10.3. The Kier molecular flexibility index (Phi) is 5.87. The number of amides is 3. The first-order valence-corrected chi connectivity index (χ1v) is 6.56. The lowest BCUT2D eigenvalue weighted by atomic mass is 10.2. The average molecular weight is 282 g/mol. The number of carbonyl (C=O) groups is 3. The molecule has 3 N–H and O–H groups in total. The van der Waals surface area contributed by atoms with Gasteiger partial charge >= 0.3 is 12.0 Å². The molecule has 1 rings (SSSR count). The van der Waals surface area contributed by atoms with Crippen molar-refractivity contribution in [3.05, 3.63) is 29.8 Å². The van der Waals surface area contributed by atoms with Crippen LogP contribution in [0.15, 0.2) is 29.2 Å². The summed E-state index contributed by atoms with van der Waals surface area (Å²) in [4.78, 5) is 34.0. The lowest BCUT2D eigenvalue weighted by molar-refractivity contribution is -0.117. The predicted molar refractivity (Wildman–Crippen MR) is 71.3 cm³/mol. The minimum atomic E-state index is -1.05. The summed E-state index contributed by atoms with van der Waals surface area (Å²) in [5, 5.41) is 13.5. The number of hydrogen-bond acceptors (Lipinski definition) is 4. The third-order valence-electron chi connectivity index (χ3n) is 2.07. The van der Waals surface area contributed by atoms with Gasteiger partial charge in [-0.25, -0.2) is 9.59 Å². The Morgan fingerprint density at radius 2 is 1.95 bits per heavy atom. The standard InChI is InChI=1S/C12H14N2O4S/c1-2-13-12(18)14-10(15)7-19-9-6-4-3-5-8(9)11(16)17/h3-6H,2,7H2,1H3,(H,16,17)(H2,13,14,15,18). The summed E-state index contributed by atoms with van der Waals surface area (Å²) in [6.45, 7) is 2.16. The molecule has 7 heteroatoms. The van der Waals surface area contributed by atoms with Crippen LogP contribution in [-0.2, 0) is 4.79 Å². The molecule has 0 aliphatic carbocycles. The van der Waals surface area contributed by atoms with Gasteiger partial charge in [-0.15, -0.1) is 11.8 Å². The number of imide groups is 1. The Labute approximate surface area is 114 Å². The smallest absolute Gasteiger partial charge is 0.336 e. The van der Waals surface area contributed by atoms with Crippen LogP contribution in [0.1, 0.15) is 17.3 Å². The van der Waals surface area contributed by atoms with Crippen LogP contribution in [0.5, 0.6) is 0 Å². The van der Waals surface area contributed by atoms with Crippen molar-refractivity contribution in [2.75, 3.05) is 12.3 Å². The van der Waals surface area contributed by atoms with Crippen LogP contribution < -0.4 is 10.6 Å². The first kappa shape index (κ1) is 15.0. The molecule has 19 heavy (non-hydrogen) atoms. The third kappa shape index (κ3) is 5.01. The van der Waals surface area contributed by atoms with E-state index in [9.17, 15) is 14.4 Å². The van der Waals surface area contributed by atoms with Crippen LogP contribution >= 0.6 is 11.8 Å². The number of carbonyl (C=O) groups excluding carboxylic acids is 2. The minimum Gasteiger partial charge on any atom is -0.478 e. The molecule has 1 aromatic rings. The zero-order valence-corrected chi connectivity index (χ0v) is 11.1. The number of thioether (sulfide) groups is 1. The molecule has 0 atom stereocenters. The number of nitrogens with one attached hydrogen (secondary N) is 2. The maximum absolute atomic E-state index is 11.4. The highest BCUT2D eigenvalue weighted by atomic mass is 32.2. The Bertz CT molecular complexity index is 490. The number of aromatic carboxylic acids is 1. The van der Waals surface area contributed by atoms with E-state index in [-0.39, 0.29) is 11.3 Å². The van der Waals surface area contributed by atoms with Crippen LogP contribution in [0.3, 0.4) is 0 Å². The molecule has 0 fully saturated rings. The van der Waals surface area contributed by atoms with Gasteiger partial charge in [-0.1, -0.05) is 12.1 Å². The van der Waals surface area contributed by atoms with Gasteiger partial charge in [0.1, 0.15) is 0 Å². The SMILES string of the molecule is CCNC(=O)NC(=O)CSc1ccccc1C(=O)O. The van der Waals surface area contributed by atoms with Crippen molar-refractivity contribution >= 4 is 29.7 Å². The van der Waals surface area contributed by atoms with Crippen molar-refractivity contribution in [3.63, 3.8) is 0 Å². The zero-order chi connectivity index (χ0) is 14.3. The van der Waals surface area contributed by atoms with E-state index in [1.54, 1.807) is 25.1 Å². The maximum Gasteiger partial charge on any atom is 0.336 e. The molecule has 102 valence electrons. The van der Waals surface area contributed by atoms with Crippen molar-refractivity contribution in [3.8, 4) is 0 Å². The van der Waals surface area contributed by atoms with Gasteiger partial charge in [0, 0.05) is 11.4 Å². The Morgan fingerprint density at radius 3 is 2.58 bits per heavy atom. The molecule has 0 saturated carbocycles. The highest BCUT2D eigenvalue weighted by Crippen LogP contribution is 2.22. The van der Waals surface area contributed by atoms with Gasteiger partial charge in [0.15, 0.2) is 0 Å². The Morgan fingerprint density at radius 1 is 1.26 bits per heavy atom. The second-order valence-electron chi connectivity index (χ2n) is 3.50. The average Bonchev–Trinajstić information content (AvgIpc) is 2.36. The summed E-state index contributed by atoms with van der Waals surface area (Å²) in [5.74, 6) is -1.55. The maximum atomic E-state index is 11.4. The largest absolute Gasteiger partial charge is 0.478 e. The highest BCUT2D eigenvalue weighted by molar-refractivity contribution is 8.00. The molecule has 0 spiro atoms. The van der Waals surface area contributed by atoms with Gasteiger partial charge in [0.25, 0.3) is 0 Å². The van der Waals surface area contributed by atoms with Gasteiger partial charge in [-0.2, -0.15) is 0 Å². The van der Waals surface area contributed by atoms with Gasteiger partial charge in [-0.3, -0.25) is 10.1 Å². The van der Waals surface area contributed by atoms with Gasteiger partial charge in [-0.05, 0) is 19.1 Å². The number of benzene rings is 1. The molecular formula is C12H14N2O4S. The molecule has 0 radical (unpaired) electrons. The Balaban J connectivity index is 2.55. The van der Waals surface area contributed by atoms with Crippen molar-refractivity contribution in [2.24, 2.45) is 0 Å². The van der Waals surface area contributed by atoms with E-state index in [0.29, 0.717) is 11.4 Å². The molecule has 6 nitrogen and oxygen atoms in total. The number of carboxylic acids is 1. The molecule has 0 bridgehead atoms. The third-order valence-corrected chi connectivity index (χ3v) is 3.14. The lowest BCUT2D eigenvalue weighted by Crippen LogP contribution is -2.40. The monoisotopic (exact) mass is 282 g/mol. The molecule has 3 amide bonds. The van der Waals surface area contributed by atoms with Crippen LogP contribution in [0.2, 0.25) is 0 Å². The molecule has 0 saturated heterocycles. The fourth-order valence-electron chi connectivity index (χ4n) is 1.28. The molecule has 1 aromatic carbocycles. The van der Waals surface area contributed by atoms with Gasteiger partial charge in [0.05, 0.1) is 11.3 Å². The summed E-state index contributed by atoms with van der Waals surface area (Å²) >= 11 is 1.07. The summed E-state index contributed by atoms with van der Waals surface area (Å²) in [6, 6.07) is 5.83. The number of rotatable bonds is 5. The summed E-state index contributed by atoms with van der Waals surface area (Å²) in [5.41, 5.74) is 0.137. The first-order valence-electron chi connectivity index (χ1n) is 5.57. The van der Waals surface area contributed by atoms with Gasteiger partial charge < -0.3 is 10.4 Å². The fraction of sp³-hybridized carbons (Fsp3) is 0.250. The van der Waals surface area contributed by atoms with E-state index >= 15 is 0 Å². The molecule has 0 unspecified atom stereocenters. The number of carboxylic acid groups (broad SMARTS) is 1. The molecule has 0 heterocycles. The molecule has 0 aromatic heterocycles. The predicted octanol–water partition coefficient (Wildman–Crippen LogP) is 1.32. The van der Waals surface area contributed by atoms with Crippen LogP contribution in [-0.4, -0.2) is 35.3 Å². The number of hydrogen-bond donors (Lipinski definition) is 3. The van der Waals surface area contributed by atoms with Crippen LogP contribution in [0, 0.1) is 0 Å². The first-order chi connectivity index (χ1) is 9.04. The van der Waals surface area contributed by atoms with Crippen LogP contribution in [0.4, 0.5) is 4.79 Å². The van der Waals surface area contributed by atoms with Crippen molar-refractivity contribution in [1.82, 2.24) is 10.6 Å². The molecule has 0 aliphatic rings. The quantitative estimate of drug-likeness (QED) is 0.708. The highest BCUT2D eigenvalue weighted by Gasteiger charge is 2.12. The summed E-state index contributed by atoms with van der Waals surface area (Å²) in [6.07, 6.45) is 0. The van der Waals surface area contributed by atoms with Crippen molar-refractivity contribution in [1.29, 1.82) is 0 Å². The van der Waals surface area contributed by atoms with Crippen molar-refractivity contribution < 1.29 is 19.5 Å². The van der Waals surface area contributed by atoms with Crippen molar-refractivity contribution in [2.45, 2.75) is 11.8 Å². The minimum absolute atomic E-state index is 0.0264. The van der Waals surface area contributed by atoms with Gasteiger partial charge in [0.2, 0.25) is 5.91 Å². The molecule has 0 aliphatic heterocycles. The number of urea groups is 1. The Hall–Kier alpha value is -2.02. The topological polar surface area (TPSA) is 95.5 Å². The fourth-order valence-corrected chi connectivity index (χ4v) is 2.12. The van der Waals surface area contributed by atoms with Crippen LogP contribution in [0.25, 0.3) is 0 Å². The summed E-state index contributed by atoms with van der Waals surface area (Å²) < 4.78 is 0. The van der Waals surface area contributed by atoms with E-state index in [4.69, 9.17) is 5.11 Å². The lowest BCUT2D eigenvalue weighted by Gasteiger charge is -2.06. The normalized spacial score (nSPS) is 9.74. The van der Waals surface area contributed by atoms with E-state index in [2.05, 4.69) is 10.6 Å². The second kappa shape index (κ2) is 7.42. The molecular weight excluding hydrogens is 268 g/mol. The van der Waals surface area contributed by atoms with E-state index < -0.39 is 17.9 Å². The second-order valence-corrected chi connectivity index (χ2v) is 4.51. The van der Waals surface area contributed by atoms with E-state index in [1.165, 1.54) is 6.07 Å².